The summed E-state index contributed by atoms with van der Waals surface area (Å²) in [5.74, 6) is 0.632. The maximum atomic E-state index is 12.0. The fourth-order valence-electron chi connectivity index (χ4n) is 1.79. The van der Waals surface area contributed by atoms with Gasteiger partial charge in [0.05, 0.1) is 0 Å². The number of halogens is 2. The van der Waals surface area contributed by atoms with Crippen molar-refractivity contribution in [3.8, 4) is 0 Å². The van der Waals surface area contributed by atoms with Crippen LogP contribution >= 0.6 is 24.8 Å². The maximum absolute atomic E-state index is 12.0. The Bertz CT molecular complexity index is 388. The molecular weight excluding hydrogens is 309 g/mol. The number of nitrogens with zero attached hydrogens (tertiary/aromatic N) is 2. The minimum absolute atomic E-state index is 0. The molecule has 0 aliphatic rings. The number of nitrogens with two attached hydrogens (primary N) is 1. The minimum atomic E-state index is 0. The summed E-state index contributed by atoms with van der Waals surface area (Å²) in [6, 6.07) is 4.06. The predicted octanol–water partition coefficient (Wildman–Crippen LogP) is 2.69. The molecule has 0 aliphatic heterocycles. The summed E-state index contributed by atoms with van der Waals surface area (Å²) in [5.41, 5.74) is 7.13. The van der Waals surface area contributed by atoms with E-state index in [1.54, 1.807) is 17.3 Å². The van der Waals surface area contributed by atoms with E-state index in [-0.39, 0.29) is 36.8 Å². The Balaban J connectivity index is 0. The molecule has 0 bridgehead atoms. The number of amides is 1. The molecule has 1 atom stereocenters. The number of pyridine rings is 1. The van der Waals surface area contributed by atoms with Gasteiger partial charge in [-0.05, 0) is 36.5 Å². The van der Waals surface area contributed by atoms with Gasteiger partial charge in [0.25, 0.3) is 0 Å². The topological polar surface area (TPSA) is 59.2 Å². The summed E-state index contributed by atoms with van der Waals surface area (Å²) in [6.07, 6.45) is 5.67. The fourth-order valence-corrected chi connectivity index (χ4v) is 1.79. The quantitative estimate of drug-likeness (QED) is 0.833. The summed E-state index contributed by atoms with van der Waals surface area (Å²) < 4.78 is 0. The summed E-state index contributed by atoms with van der Waals surface area (Å²) in [6.45, 7) is 4.94. The van der Waals surface area contributed by atoms with Gasteiger partial charge >= 0.3 is 0 Å². The van der Waals surface area contributed by atoms with Gasteiger partial charge in [-0.25, -0.2) is 0 Å². The number of hydrogen-bond acceptors (Lipinski definition) is 3. The third kappa shape index (κ3) is 8.91. The van der Waals surface area contributed by atoms with Gasteiger partial charge in [-0.15, -0.1) is 24.8 Å². The molecule has 0 fully saturated rings. The monoisotopic (exact) mass is 335 g/mol. The van der Waals surface area contributed by atoms with E-state index in [1.807, 2.05) is 19.2 Å². The van der Waals surface area contributed by atoms with Gasteiger partial charge in [-0.2, -0.15) is 0 Å². The molecule has 21 heavy (non-hydrogen) atoms. The Morgan fingerprint density at radius 2 is 1.86 bits per heavy atom. The van der Waals surface area contributed by atoms with Gasteiger partial charge in [-0.1, -0.05) is 13.8 Å². The molecule has 1 heterocycles. The zero-order valence-corrected chi connectivity index (χ0v) is 14.6. The highest BCUT2D eigenvalue weighted by atomic mass is 35.5. The lowest BCUT2D eigenvalue weighted by Crippen LogP contribution is -2.34. The van der Waals surface area contributed by atoms with Gasteiger partial charge in [0.2, 0.25) is 5.91 Å². The molecular formula is C15H27Cl2N3O. The normalized spacial score (nSPS) is 11.3. The first-order valence-electron chi connectivity index (χ1n) is 6.89. The van der Waals surface area contributed by atoms with Gasteiger partial charge in [0.15, 0.2) is 0 Å². The molecule has 0 aromatic carbocycles. The Labute approximate surface area is 140 Å². The van der Waals surface area contributed by atoms with Crippen molar-refractivity contribution in [3.05, 3.63) is 30.1 Å². The number of hydrogen-bond donors (Lipinski definition) is 1. The molecule has 0 aliphatic carbocycles. The molecule has 1 aromatic heterocycles. The van der Waals surface area contributed by atoms with Crippen LogP contribution in [0.2, 0.25) is 0 Å². The second kappa shape index (κ2) is 11.8. The second-order valence-electron chi connectivity index (χ2n) is 5.37. The number of carbonyl (C=O) groups excluding carboxylic acids is 1. The van der Waals surface area contributed by atoms with Crippen LogP contribution < -0.4 is 5.73 Å². The van der Waals surface area contributed by atoms with E-state index in [1.165, 1.54) is 0 Å². The molecule has 1 unspecified atom stereocenters. The number of aromatic nitrogens is 1. The van der Waals surface area contributed by atoms with Crippen molar-refractivity contribution >= 4 is 30.7 Å². The standard InChI is InChI=1S/C15H25N3O.2ClH/c1-12(2)14(16)8-11-18(3)15(19)5-4-13-6-9-17-10-7-13;;/h6-7,9-10,12,14H,4-5,8,11,16H2,1-3H3;2*1H. The molecule has 6 heteroatoms. The van der Waals surface area contributed by atoms with Crippen molar-refractivity contribution in [2.75, 3.05) is 13.6 Å². The van der Waals surface area contributed by atoms with Crippen LogP contribution in [0.1, 0.15) is 32.3 Å². The van der Waals surface area contributed by atoms with E-state index in [0.29, 0.717) is 12.3 Å². The van der Waals surface area contributed by atoms with Crippen LogP contribution in [0.15, 0.2) is 24.5 Å². The third-order valence-corrected chi connectivity index (χ3v) is 3.46. The van der Waals surface area contributed by atoms with Crippen LogP contribution in [0.3, 0.4) is 0 Å². The number of rotatable bonds is 7. The summed E-state index contributed by atoms with van der Waals surface area (Å²) >= 11 is 0. The molecule has 0 radical (unpaired) electrons. The molecule has 2 N–H and O–H groups in total. The first-order chi connectivity index (χ1) is 9.00. The lowest BCUT2D eigenvalue weighted by atomic mass is 10.0. The average Bonchev–Trinajstić information content (AvgIpc) is 2.42. The molecule has 0 saturated carbocycles. The van der Waals surface area contributed by atoms with E-state index in [9.17, 15) is 4.79 Å². The minimum Gasteiger partial charge on any atom is -0.346 e. The first kappa shape index (κ1) is 22.4. The Kier molecular flexibility index (Phi) is 12.6. The predicted molar refractivity (Wildman–Crippen MR) is 92.1 cm³/mol. The maximum Gasteiger partial charge on any atom is 0.222 e. The summed E-state index contributed by atoms with van der Waals surface area (Å²) in [4.78, 5) is 17.7. The first-order valence-corrected chi connectivity index (χ1v) is 6.89. The van der Waals surface area contributed by atoms with E-state index >= 15 is 0 Å². The van der Waals surface area contributed by atoms with Gasteiger partial charge in [-0.3, -0.25) is 9.78 Å². The fraction of sp³-hybridized carbons (Fsp3) is 0.600. The highest BCUT2D eigenvalue weighted by Gasteiger charge is 2.12. The van der Waals surface area contributed by atoms with Gasteiger partial charge < -0.3 is 10.6 Å². The SMILES string of the molecule is CC(C)C(N)CCN(C)C(=O)CCc1ccncc1.Cl.Cl. The second-order valence-corrected chi connectivity index (χ2v) is 5.37. The zero-order chi connectivity index (χ0) is 14.3. The molecule has 1 aromatic rings. The third-order valence-electron chi connectivity index (χ3n) is 3.46. The number of aryl methyl sites for hydroxylation is 1. The summed E-state index contributed by atoms with van der Waals surface area (Å²) in [7, 11) is 1.85. The van der Waals surface area contributed by atoms with E-state index in [2.05, 4.69) is 18.8 Å². The molecule has 4 nitrogen and oxygen atoms in total. The van der Waals surface area contributed by atoms with Crippen molar-refractivity contribution in [1.29, 1.82) is 0 Å². The van der Waals surface area contributed by atoms with Crippen LogP contribution in [-0.4, -0.2) is 35.4 Å². The molecule has 122 valence electrons. The summed E-state index contributed by atoms with van der Waals surface area (Å²) in [5, 5.41) is 0. The van der Waals surface area contributed by atoms with Gasteiger partial charge in [0.1, 0.15) is 0 Å². The van der Waals surface area contributed by atoms with Crippen molar-refractivity contribution < 1.29 is 4.79 Å². The molecule has 0 saturated heterocycles. The highest BCUT2D eigenvalue weighted by molar-refractivity contribution is 5.85. The van der Waals surface area contributed by atoms with Crippen LogP contribution in [0.5, 0.6) is 0 Å². The van der Waals surface area contributed by atoms with Gasteiger partial charge in [0, 0.05) is 38.4 Å². The smallest absolute Gasteiger partial charge is 0.222 e. The zero-order valence-electron chi connectivity index (χ0n) is 13.0. The van der Waals surface area contributed by atoms with E-state index in [4.69, 9.17) is 5.73 Å². The Morgan fingerprint density at radius 3 is 2.38 bits per heavy atom. The Hall–Kier alpha value is -0.840. The van der Waals surface area contributed by atoms with Crippen LogP contribution in [0.4, 0.5) is 0 Å². The van der Waals surface area contributed by atoms with Crippen molar-refractivity contribution in [1.82, 2.24) is 9.88 Å². The molecule has 1 rings (SSSR count). The van der Waals surface area contributed by atoms with Crippen molar-refractivity contribution in [2.45, 2.75) is 39.2 Å². The van der Waals surface area contributed by atoms with Crippen LogP contribution in [0, 0.1) is 5.92 Å². The average molecular weight is 336 g/mol. The highest BCUT2D eigenvalue weighted by Crippen LogP contribution is 2.06. The van der Waals surface area contributed by atoms with Crippen LogP contribution in [0.25, 0.3) is 0 Å². The number of carbonyl (C=O) groups is 1. The Morgan fingerprint density at radius 1 is 1.29 bits per heavy atom. The lowest BCUT2D eigenvalue weighted by Gasteiger charge is -2.21. The van der Waals surface area contributed by atoms with E-state index in [0.717, 1.165) is 24.9 Å². The lowest BCUT2D eigenvalue weighted by molar-refractivity contribution is -0.129. The van der Waals surface area contributed by atoms with E-state index < -0.39 is 0 Å². The van der Waals surface area contributed by atoms with Crippen molar-refractivity contribution in [2.24, 2.45) is 11.7 Å². The molecule has 1 amide bonds. The molecule has 0 spiro atoms. The van der Waals surface area contributed by atoms with Crippen molar-refractivity contribution in [3.63, 3.8) is 0 Å². The largest absolute Gasteiger partial charge is 0.346 e. The van der Waals surface area contributed by atoms with Crippen LogP contribution in [-0.2, 0) is 11.2 Å².